The minimum absolute atomic E-state index is 0.00512. The third kappa shape index (κ3) is 7.07. The smallest absolute Gasteiger partial charge is 0.161 e. The van der Waals surface area contributed by atoms with Crippen molar-refractivity contribution in [3.8, 4) is 11.5 Å². The largest absolute Gasteiger partial charge is 0.493 e. The van der Waals surface area contributed by atoms with Crippen molar-refractivity contribution < 1.29 is 19.1 Å². The lowest BCUT2D eigenvalue weighted by atomic mass is 10.0. The Bertz CT molecular complexity index is 822. The normalized spacial score (nSPS) is 10.3. The molecule has 0 aliphatic carbocycles. The van der Waals surface area contributed by atoms with Gasteiger partial charge in [-0.2, -0.15) is 0 Å². The van der Waals surface area contributed by atoms with Crippen molar-refractivity contribution in [3.05, 3.63) is 84.0 Å². The number of ether oxygens (including phenoxy) is 2. The lowest BCUT2D eigenvalue weighted by Crippen LogP contribution is -2.09. The zero-order valence-corrected chi connectivity index (χ0v) is 17.2. The molecule has 0 unspecified atom stereocenters. The van der Waals surface area contributed by atoms with E-state index in [9.17, 15) is 9.59 Å². The second-order valence-corrected chi connectivity index (χ2v) is 7.00. The van der Waals surface area contributed by atoms with Gasteiger partial charge in [0.05, 0.1) is 13.2 Å². The van der Waals surface area contributed by atoms with Crippen LogP contribution in [0.15, 0.2) is 72.8 Å². The predicted octanol–water partition coefficient (Wildman–Crippen LogP) is 5.11. The van der Waals surface area contributed by atoms with Crippen LogP contribution in [0.3, 0.4) is 0 Å². The molecule has 4 nitrogen and oxygen atoms in total. The molecule has 0 saturated heterocycles. The van der Waals surface area contributed by atoms with E-state index >= 15 is 0 Å². The SMILES string of the molecule is C=C(C)C(=O)CCOc1ccccc1Cc1ccccc1OCCC(=O)C(=C)C. The van der Waals surface area contributed by atoms with Gasteiger partial charge in [0.15, 0.2) is 11.6 Å². The number of Topliss-reactive ketones (excluding diaryl/α,β-unsaturated/α-hetero) is 2. The van der Waals surface area contributed by atoms with Gasteiger partial charge in [-0.15, -0.1) is 0 Å². The van der Waals surface area contributed by atoms with Crippen molar-refractivity contribution in [2.75, 3.05) is 13.2 Å². The van der Waals surface area contributed by atoms with E-state index in [0.717, 1.165) is 22.6 Å². The number of hydrogen-bond acceptors (Lipinski definition) is 4. The van der Waals surface area contributed by atoms with Crippen molar-refractivity contribution in [2.24, 2.45) is 0 Å². The highest BCUT2D eigenvalue weighted by molar-refractivity contribution is 5.94. The van der Waals surface area contributed by atoms with Gasteiger partial charge in [-0.25, -0.2) is 0 Å². The third-order valence-corrected chi connectivity index (χ3v) is 4.45. The minimum atomic E-state index is 0.00512. The Morgan fingerprint density at radius 2 is 1.10 bits per heavy atom. The lowest BCUT2D eigenvalue weighted by molar-refractivity contribution is -0.116. The molecule has 0 aliphatic rings. The topological polar surface area (TPSA) is 52.6 Å². The van der Waals surface area contributed by atoms with Gasteiger partial charge in [0.1, 0.15) is 11.5 Å². The average Bonchev–Trinajstić information content (AvgIpc) is 2.70. The van der Waals surface area contributed by atoms with Crippen LogP contribution in [-0.2, 0) is 16.0 Å². The van der Waals surface area contributed by atoms with Crippen LogP contribution < -0.4 is 9.47 Å². The molecular formula is C25H28O4. The molecule has 152 valence electrons. The zero-order chi connectivity index (χ0) is 21.2. The Kier molecular flexibility index (Phi) is 8.41. The molecule has 0 amide bonds. The van der Waals surface area contributed by atoms with E-state index in [2.05, 4.69) is 13.2 Å². The van der Waals surface area contributed by atoms with Crippen LogP contribution in [-0.4, -0.2) is 24.8 Å². The second kappa shape index (κ2) is 11.0. The maximum Gasteiger partial charge on any atom is 0.161 e. The molecule has 0 spiro atoms. The molecule has 4 heteroatoms. The molecule has 2 aromatic rings. The number of carbonyl (C=O) groups excluding carboxylic acids is 2. The summed E-state index contributed by atoms with van der Waals surface area (Å²) in [6.45, 7) is 11.4. The Labute approximate surface area is 172 Å². The summed E-state index contributed by atoms with van der Waals surface area (Å²) in [7, 11) is 0. The zero-order valence-electron chi connectivity index (χ0n) is 17.2. The summed E-state index contributed by atoms with van der Waals surface area (Å²) < 4.78 is 11.7. The maximum atomic E-state index is 11.7. The Balaban J connectivity index is 2.04. The first-order valence-corrected chi connectivity index (χ1v) is 9.67. The second-order valence-electron chi connectivity index (χ2n) is 7.00. The molecule has 0 atom stereocenters. The van der Waals surface area contributed by atoms with E-state index in [0.29, 0.717) is 43.6 Å². The molecule has 2 rings (SSSR count). The molecule has 0 bridgehead atoms. The summed E-state index contributed by atoms with van der Waals surface area (Å²) in [6.07, 6.45) is 1.23. The van der Waals surface area contributed by atoms with Gasteiger partial charge in [-0.05, 0) is 48.3 Å². The lowest BCUT2D eigenvalue weighted by Gasteiger charge is -2.14. The molecule has 29 heavy (non-hydrogen) atoms. The van der Waals surface area contributed by atoms with Gasteiger partial charge >= 0.3 is 0 Å². The summed E-state index contributed by atoms with van der Waals surface area (Å²) in [6, 6.07) is 15.5. The highest BCUT2D eigenvalue weighted by Gasteiger charge is 2.11. The van der Waals surface area contributed by atoms with Gasteiger partial charge in [0, 0.05) is 19.3 Å². The summed E-state index contributed by atoms with van der Waals surface area (Å²) >= 11 is 0. The van der Waals surface area contributed by atoms with Crippen LogP contribution in [0.2, 0.25) is 0 Å². The molecular weight excluding hydrogens is 364 g/mol. The average molecular weight is 392 g/mol. The molecule has 0 aromatic heterocycles. The number of ketones is 2. The Morgan fingerprint density at radius 1 is 0.724 bits per heavy atom. The molecule has 0 saturated carbocycles. The first-order valence-electron chi connectivity index (χ1n) is 9.67. The van der Waals surface area contributed by atoms with E-state index < -0.39 is 0 Å². The quantitative estimate of drug-likeness (QED) is 0.471. The fourth-order valence-electron chi connectivity index (χ4n) is 2.72. The summed E-state index contributed by atoms with van der Waals surface area (Å²) in [5.74, 6) is 1.50. The number of para-hydroxylation sites is 2. The standard InChI is InChI=1S/C25H28O4/c1-18(2)22(26)13-15-28-24-11-7-5-9-20(24)17-21-10-6-8-12-25(21)29-16-14-23(27)19(3)4/h5-12H,1,3,13-17H2,2,4H3. The van der Waals surface area contributed by atoms with Crippen molar-refractivity contribution >= 4 is 11.6 Å². The summed E-state index contributed by atoms with van der Waals surface area (Å²) in [5, 5.41) is 0. The number of carbonyl (C=O) groups is 2. The summed E-state index contributed by atoms with van der Waals surface area (Å²) in [4.78, 5) is 23.4. The van der Waals surface area contributed by atoms with Crippen LogP contribution in [0.1, 0.15) is 37.8 Å². The Hall–Kier alpha value is -3.14. The van der Waals surface area contributed by atoms with Crippen LogP contribution >= 0.6 is 0 Å². The molecule has 0 fully saturated rings. The fraction of sp³-hybridized carbons (Fsp3) is 0.280. The first-order chi connectivity index (χ1) is 13.9. The number of hydrogen-bond donors (Lipinski definition) is 0. The van der Waals surface area contributed by atoms with E-state index in [4.69, 9.17) is 9.47 Å². The van der Waals surface area contributed by atoms with E-state index in [-0.39, 0.29) is 11.6 Å². The maximum absolute atomic E-state index is 11.7. The van der Waals surface area contributed by atoms with E-state index in [1.807, 2.05) is 48.5 Å². The van der Waals surface area contributed by atoms with Gasteiger partial charge in [0.2, 0.25) is 0 Å². The molecule has 0 aliphatic heterocycles. The third-order valence-electron chi connectivity index (χ3n) is 4.45. The van der Waals surface area contributed by atoms with Crippen LogP contribution in [0.4, 0.5) is 0 Å². The van der Waals surface area contributed by atoms with Crippen molar-refractivity contribution in [3.63, 3.8) is 0 Å². The van der Waals surface area contributed by atoms with Crippen molar-refractivity contribution in [1.82, 2.24) is 0 Å². The van der Waals surface area contributed by atoms with Gasteiger partial charge in [-0.3, -0.25) is 9.59 Å². The number of allylic oxidation sites excluding steroid dienone is 2. The number of benzene rings is 2. The van der Waals surface area contributed by atoms with E-state index in [1.165, 1.54) is 0 Å². The van der Waals surface area contributed by atoms with Crippen LogP contribution in [0.25, 0.3) is 0 Å². The first kappa shape index (κ1) is 22.2. The van der Waals surface area contributed by atoms with Gasteiger partial charge < -0.3 is 9.47 Å². The number of rotatable bonds is 12. The van der Waals surface area contributed by atoms with Crippen molar-refractivity contribution in [2.45, 2.75) is 33.1 Å². The molecule has 0 heterocycles. The molecule has 0 radical (unpaired) electrons. The molecule has 0 N–H and O–H groups in total. The van der Waals surface area contributed by atoms with Gasteiger partial charge in [0.25, 0.3) is 0 Å². The van der Waals surface area contributed by atoms with E-state index in [1.54, 1.807) is 13.8 Å². The minimum Gasteiger partial charge on any atom is -0.493 e. The van der Waals surface area contributed by atoms with Crippen LogP contribution in [0, 0.1) is 0 Å². The highest BCUT2D eigenvalue weighted by atomic mass is 16.5. The summed E-state index contributed by atoms with van der Waals surface area (Å²) in [5.41, 5.74) is 3.09. The Morgan fingerprint density at radius 3 is 1.48 bits per heavy atom. The monoisotopic (exact) mass is 392 g/mol. The fourth-order valence-corrected chi connectivity index (χ4v) is 2.72. The molecule has 2 aromatic carbocycles. The highest BCUT2D eigenvalue weighted by Crippen LogP contribution is 2.27. The van der Waals surface area contributed by atoms with Crippen LogP contribution in [0.5, 0.6) is 11.5 Å². The van der Waals surface area contributed by atoms with Gasteiger partial charge in [-0.1, -0.05) is 49.6 Å². The van der Waals surface area contributed by atoms with Crippen molar-refractivity contribution in [1.29, 1.82) is 0 Å². The predicted molar refractivity (Wildman–Crippen MR) is 116 cm³/mol.